The van der Waals surface area contributed by atoms with E-state index in [4.69, 9.17) is 9.47 Å². The molecule has 0 unspecified atom stereocenters. The molecule has 0 saturated heterocycles. The molecule has 0 fully saturated rings. The third kappa shape index (κ3) is 4.02. The average molecular weight is 417 g/mol. The van der Waals surface area contributed by atoms with Crippen molar-refractivity contribution in [2.24, 2.45) is 0 Å². The van der Waals surface area contributed by atoms with E-state index in [2.05, 4.69) is 4.74 Å². The highest BCUT2D eigenvalue weighted by atomic mass is 32.2. The van der Waals surface area contributed by atoms with E-state index >= 15 is 0 Å². The Balaban J connectivity index is 1.95. The van der Waals surface area contributed by atoms with Crippen LogP contribution in [-0.2, 0) is 23.0 Å². The average Bonchev–Trinajstić information content (AvgIpc) is 2.65. The number of alkyl halides is 3. The summed E-state index contributed by atoms with van der Waals surface area (Å²) >= 11 is 0. The minimum Gasteiger partial charge on any atom is -0.493 e. The molecule has 6 nitrogen and oxygen atoms in total. The molecule has 0 spiro atoms. The monoisotopic (exact) mass is 417 g/mol. The second-order valence-electron chi connectivity index (χ2n) is 6.06. The third-order valence-corrected chi connectivity index (χ3v) is 6.26. The number of rotatable bonds is 5. The maximum Gasteiger partial charge on any atom is 0.573 e. The highest BCUT2D eigenvalue weighted by Gasteiger charge is 2.36. The number of fused-ring (bicyclic) bond motifs is 1. The fourth-order valence-electron chi connectivity index (χ4n) is 3.07. The van der Waals surface area contributed by atoms with Crippen molar-refractivity contribution in [2.45, 2.75) is 24.2 Å². The molecule has 0 atom stereocenters. The van der Waals surface area contributed by atoms with Gasteiger partial charge in [-0.25, -0.2) is 8.42 Å². The Morgan fingerprint density at radius 3 is 2.18 bits per heavy atom. The Hall–Kier alpha value is -2.46. The molecule has 2 aromatic carbocycles. The van der Waals surface area contributed by atoms with E-state index in [1.54, 1.807) is 12.1 Å². The zero-order valence-electron chi connectivity index (χ0n) is 15.1. The van der Waals surface area contributed by atoms with E-state index in [0.29, 0.717) is 23.5 Å². The molecule has 1 aliphatic heterocycles. The fraction of sp³-hybridized carbons (Fsp3) is 0.333. The molecule has 0 N–H and O–H groups in total. The molecular formula is C18H18F3NO5S. The number of nitrogens with zero attached hydrogens (tertiary/aromatic N) is 1. The van der Waals surface area contributed by atoms with Crippen LogP contribution < -0.4 is 14.2 Å². The van der Waals surface area contributed by atoms with Crippen LogP contribution in [-0.4, -0.2) is 39.8 Å². The lowest BCUT2D eigenvalue weighted by molar-refractivity contribution is -0.275. The third-order valence-electron chi connectivity index (χ3n) is 4.38. The van der Waals surface area contributed by atoms with Gasteiger partial charge in [-0.2, -0.15) is 4.31 Å². The molecule has 0 amide bonds. The van der Waals surface area contributed by atoms with Crippen LogP contribution in [0.5, 0.6) is 17.2 Å². The Morgan fingerprint density at radius 1 is 0.964 bits per heavy atom. The molecule has 10 heteroatoms. The quantitative estimate of drug-likeness (QED) is 0.747. The molecule has 0 aromatic heterocycles. The summed E-state index contributed by atoms with van der Waals surface area (Å²) in [5.41, 5.74) is 1.59. The first kappa shape index (κ1) is 20.3. The van der Waals surface area contributed by atoms with Crippen molar-refractivity contribution in [1.82, 2.24) is 4.31 Å². The first-order chi connectivity index (χ1) is 13.2. The van der Waals surface area contributed by atoms with Gasteiger partial charge in [-0.1, -0.05) is 12.1 Å². The van der Waals surface area contributed by atoms with Crippen LogP contribution in [0.2, 0.25) is 0 Å². The van der Waals surface area contributed by atoms with Gasteiger partial charge >= 0.3 is 6.36 Å². The second kappa shape index (κ2) is 7.51. The summed E-state index contributed by atoms with van der Waals surface area (Å²) in [5, 5.41) is 0. The number of hydrogen-bond donors (Lipinski definition) is 0. The molecule has 0 aliphatic carbocycles. The number of methoxy groups -OCH3 is 2. The van der Waals surface area contributed by atoms with Gasteiger partial charge in [-0.05, 0) is 41.8 Å². The Bertz CT molecular complexity index is 976. The van der Waals surface area contributed by atoms with Crippen molar-refractivity contribution in [3.63, 3.8) is 0 Å². The topological polar surface area (TPSA) is 65.1 Å². The molecule has 28 heavy (non-hydrogen) atoms. The van der Waals surface area contributed by atoms with Gasteiger partial charge in [-0.15, -0.1) is 13.2 Å². The fourth-order valence-corrected chi connectivity index (χ4v) is 4.61. The zero-order chi connectivity index (χ0) is 20.5. The van der Waals surface area contributed by atoms with Crippen LogP contribution in [0.4, 0.5) is 13.2 Å². The smallest absolute Gasteiger partial charge is 0.493 e. The molecule has 0 saturated carbocycles. The molecule has 152 valence electrons. The van der Waals surface area contributed by atoms with Gasteiger partial charge in [0.05, 0.1) is 14.2 Å². The molecule has 0 radical (unpaired) electrons. The normalized spacial score (nSPS) is 15.0. The van der Waals surface area contributed by atoms with Crippen LogP contribution in [0.3, 0.4) is 0 Å². The van der Waals surface area contributed by atoms with Gasteiger partial charge in [-0.3, -0.25) is 0 Å². The first-order valence-electron chi connectivity index (χ1n) is 8.24. The van der Waals surface area contributed by atoms with E-state index in [1.165, 1.54) is 26.4 Å². The van der Waals surface area contributed by atoms with E-state index < -0.39 is 27.0 Å². The van der Waals surface area contributed by atoms with Gasteiger partial charge in [0.2, 0.25) is 10.0 Å². The maximum absolute atomic E-state index is 13.0. The summed E-state index contributed by atoms with van der Waals surface area (Å²) in [5.74, 6) is 0.218. The van der Waals surface area contributed by atoms with Crippen LogP contribution in [0.15, 0.2) is 41.3 Å². The number of benzene rings is 2. The first-order valence-corrected chi connectivity index (χ1v) is 9.68. The predicted octanol–water partition coefficient (Wildman–Crippen LogP) is 3.35. The lowest BCUT2D eigenvalue weighted by atomic mass is 10.0. The van der Waals surface area contributed by atoms with Crippen molar-refractivity contribution in [3.8, 4) is 17.2 Å². The molecule has 0 bridgehead atoms. The highest BCUT2D eigenvalue weighted by molar-refractivity contribution is 7.89. The Morgan fingerprint density at radius 2 is 1.57 bits per heavy atom. The van der Waals surface area contributed by atoms with E-state index in [0.717, 1.165) is 22.0 Å². The summed E-state index contributed by atoms with van der Waals surface area (Å²) in [6.07, 6.45) is -4.61. The summed E-state index contributed by atoms with van der Waals surface area (Å²) in [6, 6.07) is 8.16. The van der Waals surface area contributed by atoms with Crippen LogP contribution >= 0.6 is 0 Å². The molecule has 3 rings (SSSR count). The predicted molar refractivity (Wildman–Crippen MR) is 94.0 cm³/mol. The zero-order valence-corrected chi connectivity index (χ0v) is 15.9. The largest absolute Gasteiger partial charge is 0.573 e. The summed E-state index contributed by atoms with van der Waals surface area (Å²) in [7, 11) is -1.24. The summed E-state index contributed by atoms with van der Waals surface area (Å²) < 4.78 is 79.5. The molecule has 1 aliphatic rings. The van der Waals surface area contributed by atoms with Crippen molar-refractivity contribution in [1.29, 1.82) is 0 Å². The summed E-state index contributed by atoms with van der Waals surface area (Å²) in [6.45, 7) is 0.115. The highest BCUT2D eigenvalue weighted by Crippen LogP contribution is 2.36. The lowest BCUT2D eigenvalue weighted by Gasteiger charge is -2.29. The van der Waals surface area contributed by atoms with E-state index in [1.807, 2.05) is 0 Å². The van der Waals surface area contributed by atoms with Gasteiger partial charge < -0.3 is 14.2 Å². The van der Waals surface area contributed by atoms with Crippen molar-refractivity contribution in [2.75, 3.05) is 20.8 Å². The van der Waals surface area contributed by atoms with Crippen LogP contribution in [0.1, 0.15) is 11.1 Å². The number of ether oxygens (including phenoxy) is 3. The number of para-hydroxylation sites is 1. The molecule has 2 aromatic rings. The van der Waals surface area contributed by atoms with Gasteiger partial charge in [0.25, 0.3) is 0 Å². The number of sulfonamides is 1. The minimum atomic E-state index is -5.00. The van der Waals surface area contributed by atoms with E-state index in [-0.39, 0.29) is 13.1 Å². The van der Waals surface area contributed by atoms with Gasteiger partial charge in [0.15, 0.2) is 11.5 Å². The SMILES string of the molecule is COc1cc2c(cc1OC)CN(S(=O)(=O)c1ccccc1OC(F)(F)F)CC2. The Labute approximate surface area is 160 Å². The molecule has 1 heterocycles. The van der Waals surface area contributed by atoms with Crippen molar-refractivity contribution in [3.05, 3.63) is 47.5 Å². The maximum atomic E-state index is 13.0. The molecular weight excluding hydrogens is 399 g/mol. The van der Waals surface area contributed by atoms with Crippen molar-refractivity contribution < 1.29 is 35.8 Å². The summed E-state index contributed by atoms with van der Waals surface area (Å²) in [4.78, 5) is -0.531. The van der Waals surface area contributed by atoms with E-state index in [9.17, 15) is 21.6 Å². The Kier molecular flexibility index (Phi) is 5.44. The minimum absolute atomic E-state index is 0.00161. The van der Waals surface area contributed by atoms with Crippen molar-refractivity contribution >= 4 is 10.0 Å². The standard InChI is InChI=1S/C18H18F3NO5S/c1-25-15-9-12-7-8-22(11-13(12)10-16(15)26-2)28(23,24)17-6-4-3-5-14(17)27-18(19,20)21/h3-6,9-10H,7-8,11H2,1-2H3. The van der Waals surface area contributed by atoms with Crippen LogP contribution in [0.25, 0.3) is 0 Å². The lowest BCUT2D eigenvalue weighted by Crippen LogP contribution is -2.36. The second-order valence-corrected chi connectivity index (χ2v) is 7.97. The van der Waals surface area contributed by atoms with Gasteiger partial charge in [0.1, 0.15) is 10.6 Å². The van der Waals surface area contributed by atoms with Crippen LogP contribution in [0, 0.1) is 0 Å². The van der Waals surface area contributed by atoms with Gasteiger partial charge in [0, 0.05) is 13.1 Å². The number of hydrogen-bond acceptors (Lipinski definition) is 5. The number of halogens is 3.